The minimum Gasteiger partial charge on any atom is -0.103 e. The molecule has 0 nitrogen and oxygen atoms in total. The molecule has 0 aliphatic heterocycles. The quantitative estimate of drug-likeness (QED) is 0.389. The second-order valence-electron chi connectivity index (χ2n) is 2.81. The Kier molecular flexibility index (Phi) is 9.56. The summed E-state index contributed by atoms with van der Waals surface area (Å²) in [5, 5.41) is 0. The molecule has 0 N–H and O–H groups in total. The Balaban J connectivity index is 3.13. The average Bonchev–Trinajstić information content (AvgIpc) is 2.10. The maximum absolute atomic E-state index is 3.68. The van der Waals surface area contributed by atoms with Gasteiger partial charge in [-0.3, -0.25) is 0 Å². The number of hydrogen-bond donors (Lipinski definition) is 0. The molecule has 0 amide bonds. The van der Waals surface area contributed by atoms with Crippen LogP contribution >= 0.6 is 0 Å². The van der Waals surface area contributed by atoms with E-state index in [0.717, 1.165) is 19.3 Å². The maximum atomic E-state index is 3.68. The average molecular weight is 164 g/mol. The van der Waals surface area contributed by atoms with Gasteiger partial charge in [0.2, 0.25) is 0 Å². The second-order valence-corrected chi connectivity index (χ2v) is 2.81. The Morgan fingerprint density at radius 1 is 1.00 bits per heavy atom. The molecule has 0 heterocycles. The van der Waals surface area contributed by atoms with E-state index >= 15 is 0 Å². The molecule has 0 fully saturated rings. The van der Waals surface area contributed by atoms with Gasteiger partial charge in [-0.2, -0.15) is 0 Å². The highest BCUT2D eigenvalue weighted by molar-refractivity contribution is 4.92. The first-order valence-corrected chi connectivity index (χ1v) is 4.82. The van der Waals surface area contributed by atoms with Gasteiger partial charge < -0.3 is 0 Å². The summed E-state index contributed by atoms with van der Waals surface area (Å²) in [6.45, 7) is 5.84. The van der Waals surface area contributed by atoms with Crippen LogP contribution in [0.4, 0.5) is 0 Å². The van der Waals surface area contributed by atoms with E-state index in [9.17, 15) is 0 Å². The first kappa shape index (κ1) is 11.2. The summed E-state index contributed by atoms with van der Waals surface area (Å²) in [6, 6.07) is 0. The molecule has 0 atom stereocenters. The predicted octanol–water partition coefficient (Wildman–Crippen LogP) is 4.26. The molecule has 0 bridgehead atoms. The van der Waals surface area contributed by atoms with Crippen molar-refractivity contribution in [1.82, 2.24) is 0 Å². The van der Waals surface area contributed by atoms with E-state index in [4.69, 9.17) is 0 Å². The fourth-order valence-corrected chi connectivity index (χ4v) is 0.936. The Labute approximate surface area is 76.7 Å². The van der Waals surface area contributed by atoms with Gasteiger partial charge in [-0.1, -0.05) is 37.3 Å². The van der Waals surface area contributed by atoms with Gasteiger partial charge in [0.1, 0.15) is 0 Å². The standard InChI is InChI=1S/C12H20/c1-3-5-7-9-11-12-10-8-6-4-2/h3,6,8,11-12H,1,4-5,7,9-10H2,2H3/b8-6+,12-11+. The Hall–Kier alpha value is -0.780. The first-order chi connectivity index (χ1) is 5.91. The van der Waals surface area contributed by atoms with E-state index < -0.39 is 0 Å². The zero-order valence-electron chi connectivity index (χ0n) is 8.13. The van der Waals surface area contributed by atoms with Crippen LogP contribution < -0.4 is 0 Å². The van der Waals surface area contributed by atoms with E-state index in [-0.39, 0.29) is 0 Å². The number of rotatable bonds is 7. The topological polar surface area (TPSA) is 0 Å². The van der Waals surface area contributed by atoms with E-state index in [2.05, 4.69) is 37.8 Å². The fourth-order valence-electron chi connectivity index (χ4n) is 0.936. The van der Waals surface area contributed by atoms with E-state index in [1.807, 2.05) is 6.08 Å². The van der Waals surface area contributed by atoms with E-state index in [1.165, 1.54) is 12.8 Å². The van der Waals surface area contributed by atoms with Crippen LogP contribution in [0.1, 0.15) is 39.0 Å². The van der Waals surface area contributed by atoms with Crippen LogP contribution in [0.5, 0.6) is 0 Å². The molecule has 12 heavy (non-hydrogen) atoms. The fraction of sp³-hybridized carbons (Fsp3) is 0.500. The van der Waals surface area contributed by atoms with Crippen LogP contribution in [0.2, 0.25) is 0 Å². The molecule has 0 spiro atoms. The van der Waals surface area contributed by atoms with Crippen molar-refractivity contribution in [2.24, 2.45) is 0 Å². The van der Waals surface area contributed by atoms with Crippen molar-refractivity contribution >= 4 is 0 Å². The largest absolute Gasteiger partial charge is 0.103 e. The van der Waals surface area contributed by atoms with Crippen molar-refractivity contribution in [3.05, 3.63) is 37.0 Å². The summed E-state index contributed by atoms with van der Waals surface area (Å²) >= 11 is 0. The summed E-state index contributed by atoms with van der Waals surface area (Å²) in [4.78, 5) is 0. The minimum atomic E-state index is 1.09. The molecular formula is C12H20. The highest BCUT2D eigenvalue weighted by Gasteiger charge is 1.77. The van der Waals surface area contributed by atoms with Crippen molar-refractivity contribution in [3.8, 4) is 0 Å². The molecule has 0 saturated heterocycles. The zero-order valence-corrected chi connectivity index (χ0v) is 8.13. The third kappa shape index (κ3) is 9.22. The van der Waals surface area contributed by atoms with Gasteiger partial charge in [-0.05, 0) is 32.1 Å². The Morgan fingerprint density at radius 2 is 1.75 bits per heavy atom. The van der Waals surface area contributed by atoms with Crippen molar-refractivity contribution < 1.29 is 0 Å². The SMILES string of the molecule is C=CCCC/C=C/C/C=C/CC. The molecule has 0 saturated carbocycles. The van der Waals surface area contributed by atoms with E-state index in [0.29, 0.717) is 0 Å². The van der Waals surface area contributed by atoms with Gasteiger partial charge in [-0.15, -0.1) is 6.58 Å². The van der Waals surface area contributed by atoms with Crippen molar-refractivity contribution in [1.29, 1.82) is 0 Å². The smallest absolute Gasteiger partial charge is 0.0169 e. The lowest BCUT2D eigenvalue weighted by molar-refractivity contribution is 0.867. The minimum absolute atomic E-state index is 1.09. The molecule has 68 valence electrons. The van der Waals surface area contributed by atoms with Gasteiger partial charge in [0.25, 0.3) is 0 Å². The van der Waals surface area contributed by atoms with Crippen molar-refractivity contribution in [2.75, 3.05) is 0 Å². The molecule has 0 aromatic heterocycles. The lowest BCUT2D eigenvalue weighted by Crippen LogP contribution is -1.67. The normalized spacial score (nSPS) is 11.4. The number of allylic oxidation sites excluding steroid dienone is 5. The monoisotopic (exact) mass is 164 g/mol. The van der Waals surface area contributed by atoms with Gasteiger partial charge in [-0.25, -0.2) is 0 Å². The summed E-state index contributed by atoms with van der Waals surface area (Å²) in [6.07, 6.45) is 16.7. The first-order valence-electron chi connectivity index (χ1n) is 4.82. The second kappa shape index (κ2) is 10.2. The van der Waals surface area contributed by atoms with Crippen molar-refractivity contribution in [3.63, 3.8) is 0 Å². The molecular weight excluding hydrogens is 144 g/mol. The van der Waals surface area contributed by atoms with Crippen LogP contribution in [0.25, 0.3) is 0 Å². The number of hydrogen-bond acceptors (Lipinski definition) is 0. The summed E-state index contributed by atoms with van der Waals surface area (Å²) in [5.74, 6) is 0. The third-order valence-electron chi connectivity index (χ3n) is 1.62. The van der Waals surface area contributed by atoms with Crippen LogP contribution in [0.15, 0.2) is 37.0 Å². The van der Waals surface area contributed by atoms with E-state index in [1.54, 1.807) is 0 Å². The molecule has 0 rings (SSSR count). The molecule has 0 heteroatoms. The number of unbranched alkanes of at least 4 members (excludes halogenated alkanes) is 2. The third-order valence-corrected chi connectivity index (χ3v) is 1.62. The van der Waals surface area contributed by atoms with Gasteiger partial charge >= 0.3 is 0 Å². The highest BCUT2D eigenvalue weighted by atomic mass is 13.8. The highest BCUT2D eigenvalue weighted by Crippen LogP contribution is 1.98. The zero-order chi connectivity index (χ0) is 9.07. The molecule has 0 aromatic carbocycles. The van der Waals surface area contributed by atoms with Gasteiger partial charge in [0.15, 0.2) is 0 Å². The Bertz CT molecular complexity index is 140. The Morgan fingerprint density at radius 3 is 2.42 bits per heavy atom. The van der Waals surface area contributed by atoms with Crippen molar-refractivity contribution in [2.45, 2.75) is 39.0 Å². The molecule has 0 aliphatic rings. The predicted molar refractivity (Wildman–Crippen MR) is 57.2 cm³/mol. The van der Waals surface area contributed by atoms with Crippen LogP contribution in [-0.4, -0.2) is 0 Å². The van der Waals surface area contributed by atoms with Gasteiger partial charge in [0, 0.05) is 0 Å². The maximum Gasteiger partial charge on any atom is -0.0169 e. The molecule has 0 aliphatic carbocycles. The lowest BCUT2D eigenvalue weighted by Gasteiger charge is -1.88. The van der Waals surface area contributed by atoms with Crippen LogP contribution in [0.3, 0.4) is 0 Å². The lowest BCUT2D eigenvalue weighted by atomic mass is 10.2. The molecule has 0 aromatic rings. The summed E-state index contributed by atoms with van der Waals surface area (Å²) in [7, 11) is 0. The molecule has 0 radical (unpaired) electrons. The van der Waals surface area contributed by atoms with Crippen LogP contribution in [0, 0.1) is 0 Å². The summed E-state index contributed by atoms with van der Waals surface area (Å²) in [5.41, 5.74) is 0. The van der Waals surface area contributed by atoms with Gasteiger partial charge in [0.05, 0.1) is 0 Å². The van der Waals surface area contributed by atoms with Crippen LogP contribution in [-0.2, 0) is 0 Å². The summed E-state index contributed by atoms with van der Waals surface area (Å²) < 4.78 is 0. The molecule has 0 unspecified atom stereocenters.